The van der Waals surface area contributed by atoms with E-state index in [4.69, 9.17) is 10.5 Å². The summed E-state index contributed by atoms with van der Waals surface area (Å²) in [4.78, 5) is 11.6. The Bertz CT molecular complexity index is 570. The van der Waals surface area contributed by atoms with Gasteiger partial charge in [-0.3, -0.25) is 0 Å². The molecule has 2 rings (SSSR count). The van der Waals surface area contributed by atoms with Crippen LogP contribution in [0.1, 0.15) is 15.9 Å². The average molecular weight is 269 g/mol. The highest BCUT2D eigenvalue weighted by molar-refractivity contribution is 7.07. The molecule has 0 radical (unpaired) electrons. The van der Waals surface area contributed by atoms with E-state index in [1.54, 1.807) is 6.07 Å². The standard InChI is InChI=1S/C12H9F2NO2S/c13-9-4-10(14)11(15)3-8(9)12(16)17-5-7-1-2-18-6-7/h1-4,6H,5,15H2. The van der Waals surface area contributed by atoms with Crippen molar-refractivity contribution in [3.05, 3.63) is 51.7 Å². The summed E-state index contributed by atoms with van der Waals surface area (Å²) in [5.41, 5.74) is 5.42. The van der Waals surface area contributed by atoms with Crippen molar-refractivity contribution in [3.8, 4) is 0 Å². The van der Waals surface area contributed by atoms with Crippen molar-refractivity contribution in [2.45, 2.75) is 6.61 Å². The van der Waals surface area contributed by atoms with E-state index in [-0.39, 0.29) is 17.9 Å². The molecule has 6 heteroatoms. The van der Waals surface area contributed by atoms with Crippen LogP contribution in [0.5, 0.6) is 0 Å². The first-order chi connectivity index (χ1) is 8.58. The Hall–Kier alpha value is -1.95. The maximum absolute atomic E-state index is 13.4. The van der Waals surface area contributed by atoms with E-state index in [0.717, 1.165) is 11.6 Å². The summed E-state index contributed by atoms with van der Waals surface area (Å²) in [5.74, 6) is -2.76. The molecule has 0 atom stereocenters. The molecule has 0 saturated heterocycles. The molecule has 0 aliphatic carbocycles. The van der Waals surface area contributed by atoms with Crippen LogP contribution in [0.3, 0.4) is 0 Å². The monoisotopic (exact) mass is 269 g/mol. The van der Waals surface area contributed by atoms with Crippen molar-refractivity contribution in [1.29, 1.82) is 0 Å². The number of halogens is 2. The average Bonchev–Trinajstić information content (AvgIpc) is 2.84. The molecule has 18 heavy (non-hydrogen) atoms. The Morgan fingerprint density at radius 1 is 1.33 bits per heavy atom. The maximum Gasteiger partial charge on any atom is 0.341 e. The van der Waals surface area contributed by atoms with Crippen molar-refractivity contribution in [2.24, 2.45) is 0 Å². The van der Waals surface area contributed by atoms with Crippen molar-refractivity contribution < 1.29 is 18.3 Å². The quantitative estimate of drug-likeness (QED) is 0.688. The van der Waals surface area contributed by atoms with Crippen molar-refractivity contribution in [2.75, 3.05) is 5.73 Å². The van der Waals surface area contributed by atoms with Gasteiger partial charge in [-0.25, -0.2) is 13.6 Å². The van der Waals surface area contributed by atoms with Gasteiger partial charge in [0.05, 0.1) is 11.3 Å². The zero-order valence-corrected chi connectivity index (χ0v) is 9.97. The summed E-state index contributed by atoms with van der Waals surface area (Å²) in [5, 5.41) is 3.64. The Morgan fingerprint density at radius 2 is 2.11 bits per heavy atom. The molecular formula is C12H9F2NO2S. The molecule has 0 amide bonds. The van der Waals surface area contributed by atoms with Crippen molar-refractivity contribution in [3.63, 3.8) is 0 Å². The molecule has 0 spiro atoms. The number of carbonyl (C=O) groups is 1. The predicted octanol–water partition coefficient (Wildman–Crippen LogP) is 2.97. The molecule has 3 nitrogen and oxygen atoms in total. The molecule has 0 aliphatic rings. The molecule has 0 saturated carbocycles. The van der Waals surface area contributed by atoms with Crippen LogP contribution in [0.25, 0.3) is 0 Å². The molecule has 2 N–H and O–H groups in total. The van der Waals surface area contributed by atoms with Crippen molar-refractivity contribution >= 4 is 23.0 Å². The molecule has 2 aromatic rings. The third-order valence-electron chi connectivity index (χ3n) is 2.26. The molecule has 94 valence electrons. The lowest BCUT2D eigenvalue weighted by molar-refractivity contribution is 0.0468. The molecule has 0 bridgehead atoms. The van der Waals surface area contributed by atoms with Gasteiger partial charge in [-0.1, -0.05) is 0 Å². The summed E-state index contributed by atoms with van der Waals surface area (Å²) in [7, 11) is 0. The lowest BCUT2D eigenvalue weighted by atomic mass is 10.2. The van der Waals surface area contributed by atoms with Gasteiger partial charge in [-0.2, -0.15) is 11.3 Å². The zero-order valence-electron chi connectivity index (χ0n) is 9.15. The Balaban J connectivity index is 2.11. The van der Waals surface area contributed by atoms with E-state index in [2.05, 4.69) is 0 Å². The summed E-state index contributed by atoms with van der Waals surface area (Å²) < 4.78 is 31.2. The Morgan fingerprint density at radius 3 is 2.78 bits per heavy atom. The van der Waals surface area contributed by atoms with Crippen LogP contribution in [-0.2, 0) is 11.3 Å². The highest BCUT2D eigenvalue weighted by Gasteiger charge is 2.16. The van der Waals surface area contributed by atoms with E-state index >= 15 is 0 Å². The number of hydrogen-bond acceptors (Lipinski definition) is 4. The topological polar surface area (TPSA) is 52.3 Å². The Labute approximate surface area is 106 Å². The normalized spacial score (nSPS) is 10.3. The number of esters is 1. The minimum atomic E-state index is -0.989. The van der Waals surface area contributed by atoms with E-state index in [1.807, 2.05) is 10.8 Å². The number of carbonyl (C=O) groups excluding carboxylic acids is 1. The first-order valence-corrected chi connectivity index (χ1v) is 5.95. The van der Waals surface area contributed by atoms with Crippen molar-refractivity contribution in [1.82, 2.24) is 0 Å². The number of anilines is 1. The number of ether oxygens (including phenoxy) is 1. The first kappa shape index (κ1) is 12.5. The van der Waals surface area contributed by atoms with E-state index in [9.17, 15) is 13.6 Å². The number of thiophene rings is 1. The van der Waals surface area contributed by atoms with Gasteiger partial charge in [0.2, 0.25) is 0 Å². The van der Waals surface area contributed by atoms with Gasteiger partial charge in [0.1, 0.15) is 18.2 Å². The summed E-state index contributed by atoms with van der Waals surface area (Å²) >= 11 is 1.46. The molecule has 0 fully saturated rings. The molecule has 1 aromatic heterocycles. The number of rotatable bonds is 3. The predicted molar refractivity (Wildman–Crippen MR) is 64.2 cm³/mol. The minimum absolute atomic E-state index is 0.0407. The van der Waals surface area contributed by atoms with Crippen LogP contribution < -0.4 is 5.73 Å². The van der Waals surface area contributed by atoms with Gasteiger partial charge in [0.25, 0.3) is 0 Å². The summed E-state index contributed by atoms with van der Waals surface area (Å²) in [6, 6.07) is 3.28. The molecule has 1 aromatic carbocycles. The third-order valence-corrected chi connectivity index (χ3v) is 2.99. The molecule has 1 heterocycles. The fourth-order valence-corrected chi connectivity index (χ4v) is 1.98. The van der Waals surface area contributed by atoms with Gasteiger partial charge in [-0.05, 0) is 22.9 Å². The molecule has 0 unspecified atom stereocenters. The third kappa shape index (κ3) is 2.65. The van der Waals surface area contributed by atoms with Crippen LogP contribution in [0.15, 0.2) is 29.0 Å². The summed E-state index contributed by atoms with van der Waals surface area (Å²) in [6.07, 6.45) is 0. The van der Waals surface area contributed by atoms with Gasteiger partial charge in [-0.15, -0.1) is 0 Å². The highest BCUT2D eigenvalue weighted by atomic mass is 32.1. The zero-order chi connectivity index (χ0) is 13.1. The first-order valence-electron chi connectivity index (χ1n) is 5.00. The van der Waals surface area contributed by atoms with E-state index in [0.29, 0.717) is 6.07 Å². The number of benzene rings is 1. The fraction of sp³-hybridized carbons (Fsp3) is 0.0833. The number of nitrogen functional groups attached to an aromatic ring is 1. The van der Waals surface area contributed by atoms with E-state index in [1.165, 1.54) is 11.3 Å². The van der Waals surface area contributed by atoms with Crippen LogP contribution in [0.4, 0.5) is 14.5 Å². The smallest absolute Gasteiger partial charge is 0.341 e. The number of nitrogens with two attached hydrogens (primary N) is 1. The van der Waals surface area contributed by atoms with Crippen LogP contribution in [-0.4, -0.2) is 5.97 Å². The fourth-order valence-electron chi connectivity index (χ4n) is 1.32. The highest BCUT2D eigenvalue weighted by Crippen LogP contribution is 2.18. The largest absolute Gasteiger partial charge is 0.457 e. The molecule has 0 aliphatic heterocycles. The number of hydrogen-bond donors (Lipinski definition) is 1. The lowest BCUT2D eigenvalue weighted by Crippen LogP contribution is -2.09. The lowest BCUT2D eigenvalue weighted by Gasteiger charge is -2.06. The van der Waals surface area contributed by atoms with Gasteiger partial charge < -0.3 is 10.5 Å². The minimum Gasteiger partial charge on any atom is -0.457 e. The van der Waals surface area contributed by atoms with Crippen LogP contribution in [0, 0.1) is 11.6 Å². The Kier molecular flexibility index (Phi) is 3.57. The van der Waals surface area contributed by atoms with Crippen LogP contribution in [0.2, 0.25) is 0 Å². The maximum atomic E-state index is 13.4. The summed E-state index contributed by atoms with van der Waals surface area (Å²) in [6.45, 7) is 0.0407. The van der Waals surface area contributed by atoms with Crippen LogP contribution >= 0.6 is 11.3 Å². The van der Waals surface area contributed by atoms with E-state index < -0.39 is 17.6 Å². The second-order valence-electron chi connectivity index (χ2n) is 3.56. The van der Waals surface area contributed by atoms with Gasteiger partial charge in [0.15, 0.2) is 0 Å². The second-order valence-corrected chi connectivity index (χ2v) is 4.34. The SMILES string of the molecule is Nc1cc(C(=O)OCc2ccsc2)c(F)cc1F. The molecular weight excluding hydrogens is 260 g/mol. The second kappa shape index (κ2) is 5.14. The van der Waals surface area contributed by atoms with Gasteiger partial charge >= 0.3 is 5.97 Å². The van der Waals surface area contributed by atoms with Gasteiger partial charge in [0, 0.05) is 11.6 Å².